The fourth-order valence-electron chi connectivity index (χ4n) is 2.60. The number of hydrogen-bond donors (Lipinski definition) is 0. The predicted molar refractivity (Wildman–Crippen MR) is 88.0 cm³/mol. The van der Waals surface area contributed by atoms with E-state index in [9.17, 15) is 17.6 Å². The lowest BCUT2D eigenvalue weighted by atomic mass is 10.1. The minimum Gasteiger partial charge on any atom is -0.465 e. The molecule has 0 unspecified atom stereocenters. The number of anilines is 1. The summed E-state index contributed by atoms with van der Waals surface area (Å²) in [6.07, 6.45) is 0. The minimum atomic E-state index is -3.67. The molecule has 0 aliphatic carbocycles. The molecule has 126 valence electrons. The van der Waals surface area contributed by atoms with E-state index < -0.39 is 21.8 Å². The number of methoxy groups -OCH3 is 1. The number of nitrogens with zero attached hydrogens (tertiary/aromatic N) is 1. The van der Waals surface area contributed by atoms with Crippen molar-refractivity contribution in [1.82, 2.24) is 0 Å². The van der Waals surface area contributed by atoms with Crippen molar-refractivity contribution in [3.8, 4) is 0 Å². The van der Waals surface area contributed by atoms with Crippen molar-refractivity contribution in [2.24, 2.45) is 0 Å². The molecule has 0 N–H and O–H groups in total. The molecular formula is C16H13ClFNO4S. The van der Waals surface area contributed by atoms with Crippen LogP contribution in [0.2, 0.25) is 5.02 Å². The van der Waals surface area contributed by atoms with Crippen LogP contribution in [0.4, 0.5) is 10.1 Å². The van der Waals surface area contributed by atoms with E-state index in [-0.39, 0.29) is 28.4 Å². The van der Waals surface area contributed by atoms with Crippen molar-refractivity contribution in [1.29, 1.82) is 0 Å². The molecule has 0 atom stereocenters. The largest absolute Gasteiger partial charge is 0.465 e. The lowest BCUT2D eigenvalue weighted by molar-refractivity contribution is 0.0600. The van der Waals surface area contributed by atoms with Gasteiger partial charge in [-0.1, -0.05) is 23.7 Å². The number of ether oxygens (including phenoxy) is 1. The van der Waals surface area contributed by atoms with Gasteiger partial charge in [0.05, 0.1) is 30.7 Å². The highest BCUT2D eigenvalue weighted by Crippen LogP contribution is 2.37. The van der Waals surface area contributed by atoms with E-state index >= 15 is 0 Å². The molecule has 0 aromatic heterocycles. The number of fused-ring (bicyclic) bond motifs is 1. The summed E-state index contributed by atoms with van der Waals surface area (Å²) in [6, 6.07) is 8.65. The summed E-state index contributed by atoms with van der Waals surface area (Å²) >= 11 is 6.00. The molecule has 5 nitrogen and oxygen atoms in total. The Kier molecular flexibility index (Phi) is 4.23. The quantitative estimate of drug-likeness (QED) is 0.780. The minimum absolute atomic E-state index is 0.0825. The van der Waals surface area contributed by atoms with E-state index in [1.54, 1.807) is 6.07 Å². The van der Waals surface area contributed by atoms with Gasteiger partial charge in [-0.15, -0.1) is 0 Å². The zero-order valence-electron chi connectivity index (χ0n) is 12.6. The van der Waals surface area contributed by atoms with E-state index in [1.807, 2.05) is 0 Å². The molecule has 1 aliphatic heterocycles. The Balaban J connectivity index is 2.07. The van der Waals surface area contributed by atoms with Gasteiger partial charge in [0.25, 0.3) is 0 Å². The molecule has 1 heterocycles. The van der Waals surface area contributed by atoms with Gasteiger partial charge in [-0.2, -0.15) is 0 Å². The van der Waals surface area contributed by atoms with Crippen molar-refractivity contribution >= 4 is 33.3 Å². The molecule has 0 bridgehead atoms. The molecule has 0 radical (unpaired) electrons. The number of hydrogen-bond acceptors (Lipinski definition) is 4. The van der Waals surface area contributed by atoms with Crippen LogP contribution in [-0.4, -0.2) is 21.5 Å². The second kappa shape index (κ2) is 6.07. The number of halogens is 2. The molecule has 24 heavy (non-hydrogen) atoms. The Morgan fingerprint density at radius 1 is 1.33 bits per heavy atom. The third-order valence-corrected chi connectivity index (χ3v) is 5.84. The zero-order chi connectivity index (χ0) is 17.5. The van der Waals surface area contributed by atoms with Crippen LogP contribution >= 0.6 is 11.6 Å². The molecule has 1 aliphatic rings. The molecular weight excluding hydrogens is 357 g/mol. The first-order valence-electron chi connectivity index (χ1n) is 6.98. The van der Waals surface area contributed by atoms with E-state index in [2.05, 4.69) is 4.74 Å². The van der Waals surface area contributed by atoms with E-state index in [1.165, 1.54) is 37.4 Å². The normalized spacial score (nSPS) is 15.2. The third kappa shape index (κ3) is 2.85. The molecule has 2 aromatic rings. The Labute approximate surface area is 143 Å². The number of carbonyl (C=O) groups excluding carboxylic acids is 1. The van der Waals surface area contributed by atoms with Crippen LogP contribution in [0, 0.1) is 5.82 Å². The summed E-state index contributed by atoms with van der Waals surface area (Å²) < 4.78 is 44.6. The molecule has 3 rings (SSSR count). The average molecular weight is 370 g/mol. The van der Waals surface area contributed by atoms with Gasteiger partial charge >= 0.3 is 5.97 Å². The topological polar surface area (TPSA) is 63.7 Å². The van der Waals surface area contributed by atoms with Crippen molar-refractivity contribution < 1.29 is 22.3 Å². The standard InChI is InChI=1S/C16H13ClFNO4S/c1-23-16(20)10-5-6-11-9-24(21,22)19(15(11)7-10)8-12-13(17)3-2-4-14(12)18/h2-7H,8-9H2,1H3. The zero-order valence-corrected chi connectivity index (χ0v) is 14.2. The van der Waals surface area contributed by atoms with Crippen molar-refractivity contribution in [2.45, 2.75) is 12.3 Å². The summed E-state index contributed by atoms with van der Waals surface area (Å²) in [6.45, 7) is -0.245. The van der Waals surface area contributed by atoms with Gasteiger partial charge in [0.2, 0.25) is 10.0 Å². The monoisotopic (exact) mass is 369 g/mol. The average Bonchev–Trinajstić information content (AvgIpc) is 2.79. The molecule has 0 fully saturated rings. The van der Waals surface area contributed by atoms with Crippen LogP contribution in [0.25, 0.3) is 0 Å². The fraction of sp³-hybridized carbons (Fsp3) is 0.188. The Morgan fingerprint density at radius 3 is 2.75 bits per heavy atom. The summed E-state index contributed by atoms with van der Waals surface area (Å²) in [5, 5.41) is 0.141. The summed E-state index contributed by atoms with van der Waals surface area (Å²) in [5.41, 5.74) is 1.17. The summed E-state index contributed by atoms with van der Waals surface area (Å²) in [4.78, 5) is 11.7. The first-order chi connectivity index (χ1) is 11.3. The maximum atomic E-state index is 14.0. The van der Waals surface area contributed by atoms with E-state index in [0.717, 1.165) is 4.31 Å². The van der Waals surface area contributed by atoms with Gasteiger partial charge in [0.15, 0.2) is 0 Å². The SMILES string of the molecule is COC(=O)c1ccc2c(c1)N(Cc1c(F)cccc1Cl)S(=O)(=O)C2. The molecule has 0 saturated carbocycles. The second-order valence-electron chi connectivity index (χ2n) is 5.30. The lowest BCUT2D eigenvalue weighted by Gasteiger charge is -2.20. The molecule has 0 amide bonds. The first kappa shape index (κ1) is 16.7. The maximum absolute atomic E-state index is 14.0. The third-order valence-electron chi connectivity index (χ3n) is 3.81. The van der Waals surface area contributed by atoms with E-state index in [4.69, 9.17) is 11.6 Å². The van der Waals surface area contributed by atoms with Crippen LogP contribution in [0.1, 0.15) is 21.5 Å². The number of carbonyl (C=O) groups is 1. The molecule has 2 aromatic carbocycles. The van der Waals surface area contributed by atoms with E-state index in [0.29, 0.717) is 11.3 Å². The lowest BCUT2D eigenvalue weighted by Crippen LogP contribution is -2.27. The van der Waals surface area contributed by atoms with Gasteiger partial charge < -0.3 is 4.74 Å². The number of sulfonamides is 1. The van der Waals surface area contributed by atoms with Gasteiger partial charge in [0, 0.05) is 10.6 Å². The smallest absolute Gasteiger partial charge is 0.337 e. The van der Waals surface area contributed by atoms with Crippen LogP contribution in [0.15, 0.2) is 36.4 Å². The number of esters is 1. The van der Waals surface area contributed by atoms with Crippen LogP contribution in [0.5, 0.6) is 0 Å². The second-order valence-corrected chi connectivity index (χ2v) is 7.60. The van der Waals surface area contributed by atoms with Crippen molar-refractivity contribution in [3.05, 3.63) is 63.9 Å². The Bertz CT molecular complexity index is 909. The van der Waals surface area contributed by atoms with Crippen LogP contribution in [0.3, 0.4) is 0 Å². The first-order valence-corrected chi connectivity index (χ1v) is 8.97. The maximum Gasteiger partial charge on any atom is 0.337 e. The highest BCUT2D eigenvalue weighted by Gasteiger charge is 2.34. The molecule has 8 heteroatoms. The predicted octanol–water partition coefficient (Wildman–Crippen LogP) is 3.12. The van der Waals surface area contributed by atoms with Gasteiger partial charge in [-0.3, -0.25) is 4.31 Å². The number of benzene rings is 2. The van der Waals surface area contributed by atoms with Crippen molar-refractivity contribution in [3.63, 3.8) is 0 Å². The van der Waals surface area contributed by atoms with Crippen molar-refractivity contribution in [2.75, 3.05) is 11.4 Å². The highest BCUT2D eigenvalue weighted by molar-refractivity contribution is 7.92. The fourth-order valence-corrected chi connectivity index (χ4v) is 4.41. The number of rotatable bonds is 3. The Morgan fingerprint density at radius 2 is 2.08 bits per heavy atom. The van der Waals surface area contributed by atoms with Crippen LogP contribution in [-0.2, 0) is 27.1 Å². The van der Waals surface area contributed by atoms with Gasteiger partial charge in [-0.25, -0.2) is 17.6 Å². The highest BCUT2D eigenvalue weighted by atomic mass is 35.5. The van der Waals surface area contributed by atoms with Gasteiger partial charge in [-0.05, 0) is 29.8 Å². The van der Waals surface area contributed by atoms with Crippen LogP contribution < -0.4 is 4.31 Å². The van der Waals surface area contributed by atoms with Gasteiger partial charge in [0.1, 0.15) is 5.82 Å². The Hall–Kier alpha value is -2.12. The summed E-state index contributed by atoms with van der Waals surface area (Å²) in [5.74, 6) is -1.38. The molecule has 0 saturated heterocycles. The summed E-state index contributed by atoms with van der Waals surface area (Å²) in [7, 11) is -2.43. The molecule has 0 spiro atoms.